The van der Waals surface area contributed by atoms with E-state index in [1.54, 1.807) is 15.9 Å². The lowest BCUT2D eigenvalue weighted by Gasteiger charge is -2.26. The summed E-state index contributed by atoms with van der Waals surface area (Å²) in [5, 5.41) is 8.92. The van der Waals surface area contributed by atoms with E-state index >= 15 is 0 Å². The molecule has 0 aromatic carbocycles. The van der Waals surface area contributed by atoms with E-state index in [9.17, 15) is 8.42 Å². The van der Waals surface area contributed by atoms with Crippen LogP contribution in [0.15, 0.2) is 17.3 Å². The van der Waals surface area contributed by atoms with Crippen LogP contribution in [0.4, 0.5) is 0 Å². The monoisotopic (exact) mass is 301 g/mol. The lowest BCUT2D eigenvalue weighted by molar-refractivity contribution is 0.200. The van der Waals surface area contributed by atoms with E-state index in [4.69, 9.17) is 0 Å². The molecular formula is C12H23N5O2S. The summed E-state index contributed by atoms with van der Waals surface area (Å²) >= 11 is 0. The largest absolute Gasteiger partial charge is 0.320 e. The van der Waals surface area contributed by atoms with Crippen molar-refractivity contribution in [2.45, 2.75) is 37.1 Å². The molecule has 0 saturated carbocycles. The zero-order valence-corrected chi connectivity index (χ0v) is 12.7. The molecular weight excluding hydrogens is 278 g/mol. The Balaban J connectivity index is 1.94. The molecule has 7 nitrogen and oxygen atoms in total. The molecule has 1 aromatic rings. The Bertz CT molecular complexity index is 508. The molecule has 1 aliphatic rings. The van der Waals surface area contributed by atoms with Crippen molar-refractivity contribution < 1.29 is 8.42 Å². The lowest BCUT2D eigenvalue weighted by atomic mass is 10.2. The molecule has 2 N–H and O–H groups in total. The van der Waals surface area contributed by atoms with Gasteiger partial charge in [0.1, 0.15) is 4.90 Å². The molecule has 1 aromatic heterocycles. The number of rotatable bonds is 7. The van der Waals surface area contributed by atoms with Gasteiger partial charge in [0.15, 0.2) is 0 Å². The number of nitrogens with one attached hydrogen (secondary N) is 2. The Hall–Kier alpha value is -0.960. The minimum Gasteiger partial charge on any atom is -0.320 e. The van der Waals surface area contributed by atoms with E-state index in [2.05, 4.69) is 15.2 Å². The maximum atomic E-state index is 12.2. The molecule has 0 spiro atoms. The average Bonchev–Trinajstić information content (AvgIpc) is 2.89. The summed E-state index contributed by atoms with van der Waals surface area (Å²) in [6, 6.07) is 0. The van der Waals surface area contributed by atoms with Crippen molar-refractivity contribution in [3.8, 4) is 0 Å². The first-order valence-corrected chi connectivity index (χ1v) is 8.54. The van der Waals surface area contributed by atoms with Crippen LogP contribution in [0.2, 0.25) is 0 Å². The molecule has 0 bridgehead atoms. The van der Waals surface area contributed by atoms with Crippen LogP contribution in [0.1, 0.15) is 25.7 Å². The first-order valence-electron chi connectivity index (χ1n) is 7.06. The molecule has 1 saturated heterocycles. The second kappa shape index (κ2) is 7.16. The van der Waals surface area contributed by atoms with Crippen molar-refractivity contribution in [2.75, 3.05) is 26.7 Å². The fraction of sp³-hybridized carbons (Fsp3) is 0.750. The minimum atomic E-state index is -3.49. The molecule has 8 heteroatoms. The molecule has 0 radical (unpaired) electrons. The van der Waals surface area contributed by atoms with Gasteiger partial charge in [-0.1, -0.05) is 6.42 Å². The van der Waals surface area contributed by atoms with Gasteiger partial charge in [-0.2, -0.15) is 5.10 Å². The Morgan fingerprint density at radius 3 is 2.75 bits per heavy atom. The molecule has 0 unspecified atom stereocenters. The number of hydrogen-bond acceptors (Lipinski definition) is 5. The second-order valence-corrected chi connectivity index (χ2v) is 6.70. The van der Waals surface area contributed by atoms with Crippen LogP contribution in [0, 0.1) is 0 Å². The van der Waals surface area contributed by atoms with Crippen molar-refractivity contribution in [1.82, 2.24) is 24.9 Å². The highest BCUT2D eigenvalue weighted by atomic mass is 32.2. The van der Waals surface area contributed by atoms with Gasteiger partial charge in [-0.05, 0) is 32.9 Å². The number of hydrazine groups is 1. The first-order chi connectivity index (χ1) is 9.62. The number of aromatic nitrogens is 2. The van der Waals surface area contributed by atoms with Crippen LogP contribution in [-0.4, -0.2) is 49.9 Å². The van der Waals surface area contributed by atoms with Crippen LogP contribution in [0.25, 0.3) is 0 Å². The van der Waals surface area contributed by atoms with Gasteiger partial charge in [0.2, 0.25) is 0 Å². The van der Waals surface area contributed by atoms with Crippen LogP contribution in [-0.2, 0) is 16.6 Å². The Labute approximate surface area is 120 Å². The van der Waals surface area contributed by atoms with Crippen LogP contribution >= 0.6 is 0 Å². The third-order valence-corrected chi connectivity index (χ3v) is 4.67. The smallest absolute Gasteiger partial charge is 0.256 e. The summed E-state index contributed by atoms with van der Waals surface area (Å²) in [7, 11) is -1.60. The molecule has 1 aliphatic heterocycles. The van der Waals surface area contributed by atoms with E-state index in [0.29, 0.717) is 6.54 Å². The highest BCUT2D eigenvalue weighted by Crippen LogP contribution is 2.11. The molecule has 0 atom stereocenters. The number of hydrogen-bond donors (Lipinski definition) is 2. The predicted molar refractivity (Wildman–Crippen MR) is 76.5 cm³/mol. The van der Waals surface area contributed by atoms with E-state index in [-0.39, 0.29) is 4.90 Å². The number of sulfonamides is 1. The average molecular weight is 301 g/mol. The molecule has 1 fully saturated rings. The van der Waals surface area contributed by atoms with E-state index in [1.165, 1.54) is 12.6 Å². The molecule has 2 heterocycles. The van der Waals surface area contributed by atoms with Crippen molar-refractivity contribution in [3.05, 3.63) is 12.4 Å². The Morgan fingerprint density at radius 2 is 2.05 bits per heavy atom. The SMILES string of the molecule is CNCCCn1cc(S(=O)(=O)NN2CCCCC2)cn1. The van der Waals surface area contributed by atoms with Crippen molar-refractivity contribution in [2.24, 2.45) is 0 Å². The van der Waals surface area contributed by atoms with Gasteiger partial charge in [0.05, 0.1) is 6.20 Å². The number of aryl methyl sites for hydroxylation is 1. The Kier molecular flexibility index (Phi) is 5.53. The van der Waals surface area contributed by atoms with Gasteiger partial charge in [-0.25, -0.2) is 13.4 Å². The summed E-state index contributed by atoms with van der Waals surface area (Å²) < 4.78 is 26.1. The van der Waals surface area contributed by atoms with E-state index < -0.39 is 10.0 Å². The van der Waals surface area contributed by atoms with Crippen LogP contribution in [0.3, 0.4) is 0 Å². The fourth-order valence-electron chi connectivity index (χ4n) is 2.23. The van der Waals surface area contributed by atoms with Gasteiger partial charge >= 0.3 is 0 Å². The molecule has 2 rings (SSSR count). The molecule has 20 heavy (non-hydrogen) atoms. The van der Waals surface area contributed by atoms with Gasteiger partial charge < -0.3 is 5.32 Å². The van der Waals surface area contributed by atoms with Gasteiger partial charge in [0, 0.05) is 25.8 Å². The zero-order valence-electron chi connectivity index (χ0n) is 11.9. The standard InChI is InChI=1S/C12H23N5O2S/c1-13-6-5-9-17-11-12(10-14-17)20(18,19)15-16-7-3-2-4-8-16/h10-11,13,15H,2-9H2,1H3. The van der Waals surface area contributed by atoms with Crippen LogP contribution in [0.5, 0.6) is 0 Å². The fourth-order valence-corrected chi connectivity index (χ4v) is 3.31. The maximum absolute atomic E-state index is 12.2. The second-order valence-electron chi connectivity index (χ2n) is 5.04. The zero-order chi connectivity index (χ0) is 14.4. The van der Waals surface area contributed by atoms with Gasteiger partial charge in [0.25, 0.3) is 10.0 Å². The summed E-state index contributed by atoms with van der Waals surface area (Å²) in [6.07, 6.45) is 7.14. The van der Waals surface area contributed by atoms with E-state index in [0.717, 1.165) is 38.9 Å². The van der Waals surface area contributed by atoms with Crippen molar-refractivity contribution >= 4 is 10.0 Å². The highest BCUT2D eigenvalue weighted by molar-refractivity contribution is 7.89. The van der Waals surface area contributed by atoms with E-state index in [1.807, 2.05) is 7.05 Å². The maximum Gasteiger partial charge on any atom is 0.256 e. The minimum absolute atomic E-state index is 0.229. The van der Waals surface area contributed by atoms with Crippen molar-refractivity contribution in [3.63, 3.8) is 0 Å². The highest BCUT2D eigenvalue weighted by Gasteiger charge is 2.21. The third-order valence-electron chi connectivity index (χ3n) is 3.34. The summed E-state index contributed by atoms with van der Waals surface area (Å²) in [5.74, 6) is 0. The van der Waals surface area contributed by atoms with Crippen LogP contribution < -0.4 is 10.1 Å². The lowest BCUT2D eigenvalue weighted by Crippen LogP contribution is -2.44. The normalized spacial score (nSPS) is 17.4. The number of piperidine rings is 1. The van der Waals surface area contributed by atoms with Gasteiger partial charge in [-0.3, -0.25) is 4.68 Å². The molecule has 0 aliphatic carbocycles. The topological polar surface area (TPSA) is 79.3 Å². The first kappa shape index (κ1) is 15.4. The number of nitrogens with zero attached hydrogens (tertiary/aromatic N) is 3. The Morgan fingerprint density at radius 1 is 1.30 bits per heavy atom. The summed E-state index contributed by atoms with van der Waals surface area (Å²) in [4.78, 5) is 2.86. The quantitative estimate of drug-likeness (QED) is 0.702. The molecule has 114 valence electrons. The molecule has 0 amide bonds. The van der Waals surface area contributed by atoms with Crippen molar-refractivity contribution in [1.29, 1.82) is 0 Å². The summed E-state index contributed by atoms with van der Waals surface area (Å²) in [5.41, 5.74) is 0. The third kappa shape index (κ3) is 4.27. The summed E-state index contributed by atoms with van der Waals surface area (Å²) in [6.45, 7) is 3.14. The van der Waals surface area contributed by atoms with Gasteiger partial charge in [-0.15, -0.1) is 4.83 Å². The predicted octanol–water partition coefficient (Wildman–Crippen LogP) is 0.172.